The average molecular weight is 524 g/mol. The van der Waals surface area contributed by atoms with Crippen molar-refractivity contribution in [3.63, 3.8) is 0 Å². The van der Waals surface area contributed by atoms with Crippen LogP contribution in [-0.4, -0.2) is 36.3 Å². The van der Waals surface area contributed by atoms with E-state index in [4.69, 9.17) is 14.2 Å². The van der Waals surface area contributed by atoms with Gasteiger partial charge < -0.3 is 14.2 Å². The molecule has 2 aromatic carbocycles. The maximum atomic E-state index is 13.8. The molecule has 2 heterocycles. The number of esters is 1. The molecule has 1 aliphatic heterocycles. The molecule has 0 amide bonds. The molecule has 37 heavy (non-hydrogen) atoms. The summed E-state index contributed by atoms with van der Waals surface area (Å²) in [7, 11) is 2.75. The summed E-state index contributed by atoms with van der Waals surface area (Å²) in [5.41, 5.74) is 2.16. The van der Waals surface area contributed by atoms with E-state index in [1.807, 2.05) is 31.2 Å². The highest BCUT2D eigenvalue weighted by atomic mass is 32.1. The number of hydrogen-bond acceptors (Lipinski definition) is 9. The molecule has 0 fully saturated rings. The Morgan fingerprint density at radius 1 is 1.16 bits per heavy atom. The van der Waals surface area contributed by atoms with Gasteiger partial charge in [-0.2, -0.15) is 0 Å². The molecular weight excluding hydrogens is 498 g/mol. The molecule has 3 aromatic rings. The van der Waals surface area contributed by atoms with Crippen LogP contribution in [0.5, 0.6) is 11.5 Å². The maximum Gasteiger partial charge on any atom is 0.338 e. The number of methoxy groups -OCH3 is 2. The van der Waals surface area contributed by atoms with Crippen molar-refractivity contribution < 1.29 is 23.9 Å². The molecule has 0 aliphatic carbocycles. The van der Waals surface area contributed by atoms with Crippen LogP contribution in [0.3, 0.4) is 0 Å². The van der Waals surface area contributed by atoms with E-state index in [0.717, 1.165) is 22.5 Å². The van der Waals surface area contributed by atoms with E-state index >= 15 is 0 Å². The Bertz CT molecular complexity index is 1600. The van der Waals surface area contributed by atoms with Crippen LogP contribution in [0.25, 0.3) is 6.08 Å². The Balaban J connectivity index is 1.98. The number of aryl methyl sites for hydroxylation is 1. The van der Waals surface area contributed by atoms with Crippen molar-refractivity contribution >= 4 is 29.1 Å². The third kappa shape index (κ3) is 4.77. The van der Waals surface area contributed by atoms with Crippen LogP contribution >= 0.6 is 11.3 Å². The van der Waals surface area contributed by atoms with E-state index in [1.54, 1.807) is 13.8 Å². The van der Waals surface area contributed by atoms with Gasteiger partial charge in [-0.3, -0.25) is 19.5 Å². The molecule has 0 unspecified atom stereocenters. The fraction of sp³-hybridized carbons (Fsp3) is 0.269. The van der Waals surface area contributed by atoms with Gasteiger partial charge in [-0.05, 0) is 32.4 Å². The second-order valence-electron chi connectivity index (χ2n) is 8.24. The second kappa shape index (κ2) is 10.4. The predicted molar refractivity (Wildman–Crippen MR) is 138 cm³/mol. The maximum absolute atomic E-state index is 13.8. The number of hydrogen-bond donors (Lipinski definition) is 0. The molecule has 0 saturated heterocycles. The Morgan fingerprint density at radius 3 is 2.43 bits per heavy atom. The zero-order valence-electron chi connectivity index (χ0n) is 20.9. The quantitative estimate of drug-likeness (QED) is 0.265. The van der Waals surface area contributed by atoms with Gasteiger partial charge in [-0.25, -0.2) is 9.79 Å². The van der Waals surface area contributed by atoms with Gasteiger partial charge in [0, 0.05) is 17.7 Å². The lowest BCUT2D eigenvalue weighted by Crippen LogP contribution is -2.39. The number of nitro benzene ring substituents is 1. The van der Waals surface area contributed by atoms with Gasteiger partial charge in [0.25, 0.3) is 5.56 Å². The van der Waals surface area contributed by atoms with Crippen LogP contribution in [0.4, 0.5) is 5.69 Å². The van der Waals surface area contributed by atoms with Crippen molar-refractivity contribution in [3.8, 4) is 11.5 Å². The number of benzene rings is 2. The molecular formula is C26H25N3O7S. The highest BCUT2D eigenvalue weighted by molar-refractivity contribution is 7.07. The Morgan fingerprint density at radius 2 is 1.84 bits per heavy atom. The van der Waals surface area contributed by atoms with Crippen LogP contribution in [0.15, 0.2) is 57.5 Å². The predicted octanol–water partition coefficient (Wildman–Crippen LogP) is 3.03. The minimum atomic E-state index is -0.745. The van der Waals surface area contributed by atoms with Crippen LogP contribution in [0, 0.1) is 17.0 Å². The van der Waals surface area contributed by atoms with E-state index in [9.17, 15) is 19.7 Å². The molecule has 192 valence electrons. The third-order valence-electron chi connectivity index (χ3n) is 5.92. The van der Waals surface area contributed by atoms with Crippen molar-refractivity contribution in [1.29, 1.82) is 0 Å². The first kappa shape index (κ1) is 25.8. The monoisotopic (exact) mass is 523 g/mol. The lowest BCUT2D eigenvalue weighted by molar-refractivity contribution is -0.385. The van der Waals surface area contributed by atoms with Gasteiger partial charge >= 0.3 is 11.7 Å². The van der Waals surface area contributed by atoms with E-state index in [0.29, 0.717) is 21.8 Å². The van der Waals surface area contributed by atoms with Crippen molar-refractivity contribution in [2.24, 2.45) is 4.99 Å². The summed E-state index contributed by atoms with van der Waals surface area (Å²) in [6, 6.07) is 9.50. The van der Waals surface area contributed by atoms with Gasteiger partial charge in [0.15, 0.2) is 4.80 Å². The normalized spacial score (nSPS) is 15.2. The highest BCUT2D eigenvalue weighted by Gasteiger charge is 2.33. The zero-order valence-corrected chi connectivity index (χ0v) is 21.8. The second-order valence-corrected chi connectivity index (χ2v) is 9.25. The van der Waals surface area contributed by atoms with Crippen molar-refractivity contribution in [2.45, 2.75) is 26.8 Å². The average Bonchev–Trinajstić information content (AvgIpc) is 3.17. The molecule has 0 saturated carbocycles. The third-order valence-corrected chi connectivity index (χ3v) is 6.91. The number of allylic oxidation sites excluding steroid dienone is 1. The first-order valence-corrected chi connectivity index (χ1v) is 12.2. The topological polar surface area (TPSA) is 122 Å². The van der Waals surface area contributed by atoms with E-state index < -0.39 is 22.5 Å². The number of nitrogens with zero attached hydrogens (tertiary/aromatic N) is 3. The summed E-state index contributed by atoms with van der Waals surface area (Å²) in [6.45, 7) is 5.55. The number of nitro groups is 1. The minimum absolute atomic E-state index is 0.0366. The smallest absolute Gasteiger partial charge is 0.338 e. The molecule has 0 spiro atoms. The molecule has 1 aliphatic rings. The van der Waals surface area contributed by atoms with Crippen LogP contribution in [0.2, 0.25) is 0 Å². The summed E-state index contributed by atoms with van der Waals surface area (Å²) in [5, 5.41) is 11.6. The number of carbonyl (C=O) groups is 1. The van der Waals surface area contributed by atoms with Crippen molar-refractivity contribution in [1.82, 2.24) is 4.57 Å². The largest absolute Gasteiger partial charge is 0.496 e. The molecule has 10 nitrogen and oxygen atoms in total. The lowest BCUT2D eigenvalue weighted by Gasteiger charge is -2.24. The minimum Gasteiger partial charge on any atom is -0.496 e. The summed E-state index contributed by atoms with van der Waals surface area (Å²) in [4.78, 5) is 42.7. The first-order valence-electron chi connectivity index (χ1n) is 11.4. The fourth-order valence-corrected chi connectivity index (χ4v) is 5.20. The number of thiazole rings is 1. The molecule has 0 bridgehead atoms. The van der Waals surface area contributed by atoms with Gasteiger partial charge in [0.05, 0.1) is 47.6 Å². The molecule has 11 heteroatoms. The highest BCUT2D eigenvalue weighted by Crippen LogP contribution is 2.35. The fourth-order valence-electron chi connectivity index (χ4n) is 4.16. The molecule has 4 rings (SSSR count). The van der Waals surface area contributed by atoms with Crippen molar-refractivity contribution in [3.05, 3.63) is 94.2 Å². The summed E-state index contributed by atoms with van der Waals surface area (Å²) >= 11 is 1.12. The van der Waals surface area contributed by atoms with Crippen molar-refractivity contribution in [2.75, 3.05) is 20.8 Å². The number of fused-ring (bicyclic) bond motifs is 1. The summed E-state index contributed by atoms with van der Waals surface area (Å²) in [6.07, 6.45) is 1.52. The summed E-state index contributed by atoms with van der Waals surface area (Å²) < 4.78 is 17.6. The Kier molecular flexibility index (Phi) is 7.25. The van der Waals surface area contributed by atoms with Gasteiger partial charge in [0.1, 0.15) is 5.75 Å². The Hall–Kier alpha value is -4.25. The molecule has 0 radical (unpaired) electrons. The first-order chi connectivity index (χ1) is 17.7. The standard InChI is InChI=1S/C26H25N3O7S/c1-6-36-25(31)22-15(3)27-26-28(23(22)16-9-7-14(2)8-10-16)24(30)21(37-26)12-17-11-18(29(32)33)20(35-5)13-19(17)34-4/h7-13,23H,6H2,1-5H3/b21-12+/t23-/m1/s1. The molecule has 1 atom stereocenters. The number of carbonyl (C=O) groups excluding carboxylic acids is 1. The molecule has 1 aromatic heterocycles. The number of ether oxygens (including phenoxy) is 3. The molecule has 0 N–H and O–H groups in total. The SMILES string of the molecule is CCOC(=O)C1=C(C)N=c2s/c(=C/c3cc([N+](=O)[O-])c(OC)cc3OC)c(=O)n2[C@@H]1c1ccc(C)cc1. The van der Waals surface area contributed by atoms with Crippen LogP contribution in [-0.2, 0) is 9.53 Å². The van der Waals surface area contributed by atoms with E-state index in [-0.39, 0.29) is 28.1 Å². The Labute approximate surface area is 215 Å². The van der Waals surface area contributed by atoms with Gasteiger partial charge in [-0.1, -0.05) is 41.2 Å². The number of rotatable bonds is 7. The van der Waals surface area contributed by atoms with Gasteiger partial charge in [0.2, 0.25) is 5.75 Å². The van der Waals surface area contributed by atoms with E-state index in [1.165, 1.54) is 37.0 Å². The van der Waals surface area contributed by atoms with Gasteiger partial charge in [-0.15, -0.1) is 0 Å². The van der Waals surface area contributed by atoms with Crippen LogP contribution < -0.4 is 24.4 Å². The van der Waals surface area contributed by atoms with Crippen LogP contribution in [0.1, 0.15) is 36.6 Å². The summed E-state index contributed by atoms with van der Waals surface area (Å²) in [5.74, 6) is -0.211. The lowest BCUT2D eigenvalue weighted by atomic mass is 9.95. The zero-order chi connectivity index (χ0) is 26.9. The number of aromatic nitrogens is 1. The van der Waals surface area contributed by atoms with E-state index in [2.05, 4.69) is 4.99 Å².